The van der Waals surface area contributed by atoms with E-state index in [0.29, 0.717) is 30.5 Å². The highest BCUT2D eigenvalue weighted by molar-refractivity contribution is 9.10. The van der Waals surface area contributed by atoms with Gasteiger partial charge in [-0.15, -0.1) is 0 Å². The van der Waals surface area contributed by atoms with Crippen molar-refractivity contribution in [1.29, 1.82) is 0 Å². The molecule has 30 heavy (non-hydrogen) atoms. The summed E-state index contributed by atoms with van der Waals surface area (Å²) in [6.07, 6.45) is 0. The van der Waals surface area contributed by atoms with Gasteiger partial charge in [0.25, 0.3) is 5.91 Å². The first-order valence-electron chi connectivity index (χ1n) is 9.36. The number of carbonyl (C=O) groups excluding carboxylic acids is 1. The molecule has 9 nitrogen and oxygen atoms in total. The fourth-order valence-electron chi connectivity index (χ4n) is 2.68. The lowest BCUT2D eigenvalue weighted by molar-refractivity contribution is -0.118. The van der Waals surface area contributed by atoms with Crippen LogP contribution in [-0.4, -0.2) is 39.8 Å². The van der Waals surface area contributed by atoms with Crippen molar-refractivity contribution in [1.82, 2.24) is 20.2 Å². The number of hydrogen-bond acceptors (Lipinski definition) is 7. The number of nitrogens with one attached hydrogen (secondary N) is 2. The van der Waals surface area contributed by atoms with Gasteiger partial charge in [-0.2, -0.15) is 0 Å². The molecule has 3 aromatic rings. The molecule has 0 fully saturated rings. The van der Waals surface area contributed by atoms with Crippen LogP contribution in [0.25, 0.3) is 0 Å². The van der Waals surface area contributed by atoms with Crippen LogP contribution >= 0.6 is 15.9 Å². The van der Waals surface area contributed by atoms with Crippen molar-refractivity contribution in [3.05, 3.63) is 52.0 Å². The molecule has 0 bridgehead atoms. The molecule has 158 valence electrons. The SMILES string of the molecule is CCn1nnnc1NCc1cc(OC)c(OCC(=O)Nc2ccc(C)cc2)cc1Br. The van der Waals surface area contributed by atoms with Gasteiger partial charge in [0.2, 0.25) is 5.95 Å². The first-order chi connectivity index (χ1) is 14.5. The molecule has 0 radical (unpaired) electrons. The molecule has 1 heterocycles. The van der Waals surface area contributed by atoms with E-state index in [-0.39, 0.29) is 12.5 Å². The molecule has 0 unspecified atom stereocenters. The molecule has 1 aromatic heterocycles. The average Bonchev–Trinajstić information content (AvgIpc) is 3.20. The molecule has 0 aliphatic carbocycles. The van der Waals surface area contributed by atoms with Crippen molar-refractivity contribution in [3.8, 4) is 11.5 Å². The summed E-state index contributed by atoms with van der Waals surface area (Å²) in [4.78, 5) is 12.2. The van der Waals surface area contributed by atoms with Gasteiger partial charge in [-0.05, 0) is 54.1 Å². The van der Waals surface area contributed by atoms with Crippen molar-refractivity contribution in [2.45, 2.75) is 26.9 Å². The molecule has 0 saturated heterocycles. The quantitative estimate of drug-likeness (QED) is 0.489. The van der Waals surface area contributed by atoms with Gasteiger partial charge in [-0.25, -0.2) is 4.68 Å². The maximum atomic E-state index is 12.2. The summed E-state index contributed by atoms with van der Waals surface area (Å²) >= 11 is 3.54. The molecule has 2 N–H and O–H groups in total. The number of aromatic nitrogens is 4. The predicted molar refractivity (Wildman–Crippen MR) is 117 cm³/mol. The van der Waals surface area contributed by atoms with Crippen LogP contribution in [0.2, 0.25) is 0 Å². The average molecular weight is 475 g/mol. The van der Waals surface area contributed by atoms with Crippen molar-refractivity contribution in [3.63, 3.8) is 0 Å². The Morgan fingerprint density at radius 2 is 1.97 bits per heavy atom. The second-order valence-corrected chi connectivity index (χ2v) is 7.32. The third kappa shape index (κ3) is 5.47. The third-order valence-corrected chi connectivity index (χ3v) is 5.03. The Labute approximate surface area is 182 Å². The molecule has 0 aliphatic rings. The van der Waals surface area contributed by atoms with Crippen LogP contribution in [-0.2, 0) is 17.9 Å². The zero-order valence-corrected chi connectivity index (χ0v) is 18.6. The summed E-state index contributed by atoms with van der Waals surface area (Å²) in [5, 5.41) is 17.5. The third-order valence-electron chi connectivity index (χ3n) is 4.30. The number of benzene rings is 2. The molecule has 0 saturated carbocycles. The topological polar surface area (TPSA) is 103 Å². The Morgan fingerprint density at radius 3 is 2.67 bits per heavy atom. The molecule has 3 rings (SSSR count). The number of ether oxygens (including phenoxy) is 2. The molecule has 2 aromatic carbocycles. The molecule has 0 atom stereocenters. The second kappa shape index (κ2) is 10.1. The number of hydrogen-bond donors (Lipinski definition) is 2. The largest absolute Gasteiger partial charge is 0.493 e. The number of methoxy groups -OCH3 is 1. The maximum absolute atomic E-state index is 12.2. The zero-order valence-electron chi connectivity index (χ0n) is 17.0. The Balaban J connectivity index is 1.63. The van der Waals surface area contributed by atoms with E-state index in [2.05, 4.69) is 42.1 Å². The smallest absolute Gasteiger partial charge is 0.262 e. The molecule has 0 aliphatic heterocycles. The number of halogens is 1. The zero-order chi connectivity index (χ0) is 21.5. The summed E-state index contributed by atoms with van der Waals surface area (Å²) in [5.74, 6) is 1.31. The fourth-order valence-corrected chi connectivity index (χ4v) is 3.14. The number of tetrazole rings is 1. The summed E-state index contributed by atoms with van der Waals surface area (Å²) in [6, 6.07) is 11.2. The van der Waals surface area contributed by atoms with Gasteiger partial charge < -0.3 is 20.1 Å². The number of carbonyl (C=O) groups is 1. The second-order valence-electron chi connectivity index (χ2n) is 6.47. The predicted octanol–water partition coefficient (Wildman–Crippen LogP) is 3.40. The van der Waals surface area contributed by atoms with Crippen LogP contribution < -0.4 is 20.1 Å². The van der Waals surface area contributed by atoms with Crippen LogP contribution in [0, 0.1) is 6.92 Å². The van der Waals surface area contributed by atoms with Gasteiger partial charge in [0.15, 0.2) is 18.1 Å². The highest BCUT2D eigenvalue weighted by Gasteiger charge is 2.13. The summed E-state index contributed by atoms with van der Waals surface area (Å²) in [5.41, 5.74) is 2.77. The van der Waals surface area contributed by atoms with Gasteiger partial charge >= 0.3 is 0 Å². The van der Waals surface area contributed by atoms with Crippen LogP contribution in [0.5, 0.6) is 11.5 Å². The van der Waals surface area contributed by atoms with Crippen molar-refractivity contribution in [2.24, 2.45) is 0 Å². The van der Waals surface area contributed by atoms with E-state index < -0.39 is 0 Å². The number of nitrogens with zero attached hydrogens (tertiary/aromatic N) is 4. The molecule has 0 spiro atoms. The first-order valence-corrected chi connectivity index (χ1v) is 10.1. The maximum Gasteiger partial charge on any atom is 0.262 e. The summed E-state index contributed by atoms with van der Waals surface area (Å²) in [7, 11) is 1.55. The van der Waals surface area contributed by atoms with Crippen LogP contribution in [0.3, 0.4) is 0 Å². The molecule has 10 heteroatoms. The van der Waals surface area contributed by atoms with Gasteiger partial charge in [-0.1, -0.05) is 38.7 Å². The van der Waals surface area contributed by atoms with Crippen molar-refractivity contribution in [2.75, 3.05) is 24.4 Å². The van der Waals surface area contributed by atoms with Crippen LogP contribution in [0.4, 0.5) is 11.6 Å². The molecular weight excluding hydrogens is 452 g/mol. The highest BCUT2D eigenvalue weighted by atomic mass is 79.9. The Morgan fingerprint density at radius 1 is 1.20 bits per heavy atom. The number of rotatable bonds is 9. The highest BCUT2D eigenvalue weighted by Crippen LogP contribution is 2.34. The number of anilines is 2. The minimum atomic E-state index is -0.255. The Bertz CT molecular complexity index is 1010. The lowest BCUT2D eigenvalue weighted by Gasteiger charge is -2.14. The van der Waals surface area contributed by atoms with E-state index in [1.807, 2.05) is 44.2 Å². The molecular formula is C20H23BrN6O3. The normalized spacial score (nSPS) is 10.5. The van der Waals surface area contributed by atoms with Crippen molar-refractivity contribution >= 4 is 33.5 Å². The van der Waals surface area contributed by atoms with Gasteiger partial charge in [0.1, 0.15) is 0 Å². The van der Waals surface area contributed by atoms with E-state index >= 15 is 0 Å². The minimum Gasteiger partial charge on any atom is -0.493 e. The lowest BCUT2D eigenvalue weighted by atomic mass is 10.2. The van der Waals surface area contributed by atoms with Gasteiger partial charge in [0, 0.05) is 23.2 Å². The van der Waals surface area contributed by atoms with E-state index in [4.69, 9.17) is 9.47 Å². The number of aryl methyl sites for hydroxylation is 2. The van der Waals surface area contributed by atoms with E-state index in [0.717, 1.165) is 21.3 Å². The lowest BCUT2D eigenvalue weighted by Crippen LogP contribution is -2.20. The fraction of sp³-hybridized carbons (Fsp3) is 0.300. The van der Waals surface area contributed by atoms with E-state index in [9.17, 15) is 4.79 Å². The minimum absolute atomic E-state index is 0.139. The Hall–Kier alpha value is -3.14. The monoisotopic (exact) mass is 474 g/mol. The standard InChI is InChI=1S/C20H23BrN6O3/c1-4-27-20(24-25-26-27)22-11-14-9-17(29-3)18(10-16(14)21)30-12-19(28)23-15-7-5-13(2)6-8-15/h5-10H,4,11-12H2,1-3H3,(H,23,28)(H,22,24,26). The van der Waals surface area contributed by atoms with Gasteiger partial charge in [0.05, 0.1) is 7.11 Å². The van der Waals surface area contributed by atoms with E-state index in [1.54, 1.807) is 17.9 Å². The van der Waals surface area contributed by atoms with E-state index in [1.165, 1.54) is 0 Å². The summed E-state index contributed by atoms with van der Waals surface area (Å²) < 4.78 is 13.6. The van der Waals surface area contributed by atoms with Crippen LogP contribution in [0.1, 0.15) is 18.1 Å². The Kier molecular flexibility index (Phi) is 7.23. The summed E-state index contributed by atoms with van der Waals surface area (Å²) in [6.45, 7) is 4.95. The van der Waals surface area contributed by atoms with Crippen LogP contribution in [0.15, 0.2) is 40.9 Å². The van der Waals surface area contributed by atoms with Crippen molar-refractivity contribution < 1.29 is 14.3 Å². The first kappa shape index (κ1) is 21.6. The van der Waals surface area contributed by atoms with Gasteiger partial charge in [-0.3, -0.25) is 4.79 Å². The number of amides is 1. The molecule has 1 amide bonds.